The van der Waals surface area contributed by atoms with Crippen LogP contribution in [0.1, 0.15) is 16.1 Å². The first kappa shape index (κ1) is 11.0. The summed E-state index contributed by atoms with van der Waals surface area (Å²) in [5, 5.41) is 18.7. The molecule has 0 radical (unpaired) electrons. The monoisotopic (exact) mass is 234 g/mol. The third kappa shape index (κ3) is 1.80. The molecule has 0 saturated heterocycles. The van der Waals surface area contributed by atoms with Gasteiger partial charge in [-0.1, -0.05) is 6.07 Å². The molecule has 0 spiro atoms. The van der Waals surface area contributed by atoms with Gasteiger partial charge in [-0.3, -0.25) is 9.59 Å². The molecule has 2 rings (SSSR count). The van der Waals surface area contributed by atoms with Crippen molar-refractivity contribution in [2.75, 3.05) is 0 Å². The number of carbonyl (C=O) groups excluding carboxylic acids is 1. The van der Waals surface area contributed by atoms with Crippen LogP contribution in [0, 0.1) is 0 Å². The third-order valence-corrected chi connectivity index (χ3v) is 2.45. The number of rotatable bonds is 3. The van der Waals surface area contributed by atoms with Gasteiger partial charge in [0.25, 0.3) is 5.91 Å². The number of nitrogens with two attached hydrogens (primary N) is 1. The Bertz CT molecular complexity index is 615. The van der Waals surface area contributed by atoms with Crippen LogP contribution in [0.3, 0.4) is 0 Å². The van der Waals surface area contributed by atoms with Crippen molar-refractivity contribution in [2.45, 2.75) is 6.42 Å². The Morgan fingerprint density at radius 1 is 1.35 bits per heavy atom. The summed E-state index contributed by atoms with van der Waals surface area (Å²) in [5.74, 6) is -1.96. The van der Waals surface area contributed by atoms with E-state index in [0.29, 0.717) is 5.52 Å². The lowest BCUT2D eigenvalue weighted by atomic mass is 10.1. The zero-order valence-electron chi connectivity index (χ0n) is 8.73. The number of phenolic OH excluding ortho intramolecular Hbond substituents is 1. The van der Waals surface area contributed by atoms with Crippen molar-refractivity contribution in [3.8, 4) is 5.75 Å². The summed E-state index contributed by atoms with van der Waals surface area (Å²) in [7, 11) is 0. The standard InChI is InChI=1S/C11H10N2O4/c12-11(17)10-6(4-8(15)16)13-5-2-1-3-7(14)9(5)10/h1-3,13-14H,4H2,(H2,12,17)(H,15,16). The second-order valence-electron chi connectivity index (χ2n) is 3.61. The number of aromatic nitrogens is 1. The number of hydrogen-bond donors (Lipinski definition) is 4. The molecule has 0 fully saturated rings. The summed E-state index contributed by atoms with van der Waals surface area (Å²) in [6.45, 7) is 0. The van der Waals surface area contributed by atoms with Crippen molar-refractivity contribution < 1.29 is 19.8 Å². The zero-order chi connectivity index (χ0) is 12.6. The van der Waals surface area contributed by atoms with Gasteiger partial charge in [-0.05, 0) is 12.1 Å². The highest BCUT2D eigenvalue weighted by Gasteiger charge is 2.20. The molecule has 0 saturated carbocycles. The second-order valence-corrected chi connectivity index (χ2v) is 3.61. The van der Waals surface area contributed by atoms with E-state index in [1.807, 2.05) is 0 Å². The van der Waals surface area contributed by atoms with Gasteiger partial charge in [0.1, 0.15) is 5.75 Å². The van der Waals surface area contributed by atoms with Gasteiger partial charge < -0.3 is 20.9 Å². The number of fused-ring (bicyclic) bond motifs is 1. The summed E-state index contributed by atoms with van der Waals surface area (Å²) >= 11 is 0. The van der Waals surface area contributed by atoms with E-state index in [1.54, 1.807) is 12.1 Å². The molecular formula is C11H10N2O4. The van der Waals surface area contributed by atoms with Gasteiger partial charge in [0.2, 0.25) is 0 Å². The normalized spacial score (nSPS) is 10.6. The van der Waals surface area contributed by atoms with E-state index in [4.69, 9.17) is 10.8 Å². The number of H-pyrrole nitrogens is 1. The molecule has 6 nitrogen and oxygen atoms in total. The molecule has 1 aromatic heterocycles. The number of primary amides is 1. The number of aromatic amines is 1. The van der Waals surface area contributed by atoms with Crippen molar-refractivity contribution in [2.24, 2.45) is 5.73 Å². The lowest BCUT2D eigenvalue weighted by Gasteiger charge is -1.98. The summed E-state index contributed by atoms with van der Waals surface area (Å²) in [4.78, 5) is 24.8. The van der Waals surface area contributed by atoms with Gasteiger partial charge in [-0.2, -0.15) is 0 Å². The van der Waals surface area contributed by atoms with Crippen LogP contribution in [0.25, 0.3) is 10.9 Å². The summed E-state index contributed by atoms with van der Waals surface area (Å²) in [6, 6.07) is 4.63. The molecule has 0 aliphatic rings. The molecule has 5 N–H and O–H groups in total. The lowest BCUT2D eigenvalue weighted by Crippen LogP contribution is -2.14. The molecule has 2 aromatic rings. The molecule has 88 valence electrons. The minimum atomic E-state index is -1.08. The highest BCUT2D eigenvalue weighted by molar-refractivity contribution is 6.10. The average molecular weight is 234 g/mol. The molecule has 6 heteroatoms. The maximum atomic E-state index is 11.3. The van der Waals surface area contributed by atoms with Crippen LogP contribution < -0.4 is 5.73 Å². The van der Waals surface area contributed by atoms with Crippen molar-refractivity contribution in [3.63, 3.8) is 0 Å². The molecule has 17 heavy (non-hydrogen) atoms. The molecular weight excluding hydrogens is 224 g/mol. The number of aromatic hydroxyl groups is 1. The van der Waals surface area contributed by atoms with E-state index >= 15 is 0 Å². The number of amides is 1. The van der Waals surface area contributed by atoms with Crippen LogP contribution in [0.15, 0.2) is 18.2 Å². The number of carboxylic acids is 1. The molecule has 1 heterocycles. The molecule has 0 aliphatic carbocycles. The number of phenols is 1. The van der Waals surface area contributed by atoms with Gasteiger partial charge in [-0.25, -0.2) is 0 Å². The number of aliphatic carboxylic acids is 1. The van der Waals surface area contributed by atoms with Crippen LogP contribution in [0.2, 0.25) is 0 Å². The molecule has 0 atom stereocenters. The van der Waals surface area contributed by atoms with Crippen molar-refractivity contribution >= 4 is 22.8 Å². The Labute approximate surface area is 95.7 Å². The first-order chi connectivity index (χ1) is 8.00. The van der Waals surface area contributed by atoms with Gasteiger partial charge in [-0.15, -0.1) is 0 Å². The Morgan fingerprint density at radius 3 is 2.65 bits per heavy atom. The van der Waals surface area contributed by atoms with E-state index in [2.05, 4.69) is 4.98 Å². The van der Waals surface area contributed by atoms with Gasteiger partial charge >= 0.3 is 5.97 Å². The molecule has 0 unspecified atom stereocenters. The minimum absolute atomic E-state index is 0.0282. The first-order valence-electron chi connectivity index (χ1n) is 4.85. The number of benzene rings is 1. The van der Waals surface area contributed by atoms with Crippen molar-refractivity contribution in [3.05, 3.63) is 29.5 Å². The van der Waals surface area contributed by atoms with E-state index in [9.17, 15) is 14.7 Å². The smallest absolute Gasteiger partial charge is 0.309 e. The van der Waals surface area contributed by atoms with Gasteiger partial charge in [0.05, 0.1) is 22.9 Å². The maximum Gasteiger partial charge on any atom is 0.309 e. The van der Waals surface area contributed by atoms with Crippen LogP contribution in [-0.4, -0.2) is 27.1 Å². The lowest BCUT2D eigenvalue weighted by molar-refractivity contribution is -0.136. The number of carbonyl (C=O) groups is 2. The largest absolute Gasteiger partial charge is 0.507 e. The summed E-state index contributed by atoms with van der Waals surface area (Å²) in [6.07, 6.45) is -0.355. The van der Waals surface area contributed by atoms with E-state index in [-0.39, 0.29) is 28.8 Å². The topological polar surface area (TPSA) is 116 Å². The van der Waals surface area contributed by atoms with E-state index in [1.165, 1.54) is 6.07 Å². The van der Waals surface area contributed by atoms with Crippen molar-refractivity contribution in [1.82, 2.24) is 4.98 Å². The van der Waals surface area contributed by atoms with E-state index in [0.717, 1.165) is 0 Å². The maximum absolute atomic E-state index is 11.3. The Kier molecular flexibility index (Phi) is 2.47. The van der Waals surface area contributed by atoms with Crippen molar-refractivity contribution in [1.29, 1.82) is 0 Å². The second kappa shape index (κ2) is 3.82. The average Bonchev–Trinajstić information content (AvgIpc) is 2.56. The summed E-state index contributed by atoms with van der Waals surface area (Å²) < 4.78 is 0. The van der Waals surface area contributed by atoms with Crippen LogP contribution in [0.4, 0.5) is 0 Å². The summed E-state index contributed by atoms with van der Waals surface area (Å²) in [5.41, 5.74) is 5.91. The first-order valence-corrected chi connectivity index (χ1v) is 4.85. The fourth-order valence-electron chi connectivity index (χ4n) is 1.84. The highest BCUT2D eigenvalue weighted by atomic mass is 16.4. The zero-order valence-corrected chi connectivity index (χ0v) is 8.73. The van der Waals surface area contributed by atoms with Crippen LogP contribution >= 0.6 is 0 Å². The van der Waals surface area contributed by atoms with E-state index < -0.39 is 11.9 Å². The third-order valence-electron chi connectivity index (χ3n) is 2.45. The number of nitrogens with one attached hydrogen (secondary N) is 1. The molecule has 0 aliphatic heterocycles. The Morgan fingerprint density at radius 2 is 2.06 bits per heavy atom. The quantitative estimate of drug-likeness (QED) is 0.622. The highest BCUT2D eigenvalue weighted by Crippen LogP contribution is 2.30. The minimum Gasteiger partial charge on any atom is -0.507 e. The molecule has 1 aromatic carbocycles. The predicted molar refractivity (Wildman–Crippen MR) is 59.8 cm³/mol. The molecule has 1 amide bonds. The Balaban J connectivity index is 2.76. The van der Waals surface area contributed by atoms with Gasteiger partial charge in [0, 0.05) is 5.69 Å². The molecule has 0 bridgehead atoms. The number of carboxylic acid groups (broad SMARTS) is 1. The SMILES string of the molecule is NC(=O)c1c(CC(=O)O)[nH]c2cccc(O)c12. The van der Waals surface area contributed by atoms with Crippen LogP contribution in [-0.2, 0) is 11.2 Å². The Hall–Kier alpha value is -2.50. The predicted octanol–water partition coefficient (Wildman–Crippen LogP) is 0.599. The fraction of sp³-hybridized carbons (Fsp3) is 0.0909. The number of hydrogen-bond acceptors (Lipinski definition) is 3. The van der Waals surface area contributed by atoms with Crippen LogP contribution in [0.5, 0.6) is 5.75 Å². The van der Waals surface area contributed by atoms with Gasteiger partial charge in [0.15, 0.2) is 0 Å². The fourth-order valence-corrected chi connectivity index (χ4v) is 1.84.